The number of piperidine rings is 1. The number of allylic oxidation sites excluding steroid dienone is 2. The highest BCUT2D eigenvalue weighted by Crippen LogP contribution is 2.59. The van der Waals surface area contributed by atoms with E-state index in [1.807, 2.05) is 0 Å². The van der Waals surface area contributed by atoms with Gasteiger partial charge in [0.1, 0.15) is 6.10 Å². The molecule has 0 aromatic heterocycles. The molecule has 2 saturated carbocycles. The summed E-state index contributed by atoms with van der Waals surface area (Å²) in [6, 6.07) is 0. The minimum absolute atomic E-state index is 0.0367. The second-order valence-electron chi connectivity index (χ2n) is 8.90. The zero-order chi connectivity index (χ0) is 17.8. The van der Waals surface area contributed by atoms with E-state index in [2.05, 4.69) is 31.3 Å². The van der Waals surface area contributed by atoms with Gasteiger partial charge in [-0.25, -0.2) is 0 Å². The van der Waals surface area contributed by atoms with Crippen LogP contribution in [-0.2, 0) is 14.3 Å². The molecule has 3 aliphatic carbocycles. The second-order valence-corrected chi connectivity index (χ2v) is 8.90. The van der Waals surface area contributed by atoms with Crippen LogP contribution in [0.15, 0.2) is 23.3 Å². The smallest absolute Gasteiger partial charge is 0.302 e. The zero-order valence-electron chi connectivity index (χ0n) is 15.6. The molecule has 1 saturated heterocycles. The minimum Gasteiger partial charge on any atom is -0.462 e. The van der Waals surface area contributed by atoms with E-state index in [1.165, 1.54) is 12.5 Å². The monoisotopic (exact) mass is 343 g/mol. The molecule has 1 amide bonds. The van der Waals surface area contributed by atoms with Gasteiger partial charge in [-0.1, -0.05) is 30.2 Å². The molecule has 25 heavy (non-hydrogen) atoms. The third-order valence-corrected chi connectivity index (χ3v) is 7.36. The number of esters is 1. The Hall–Kier alpha value is -1.58. The molecule has 3 fully saturated rings. The van der Waals surface area contributed by atoms with Crippen LogP contribution in [0, 0.1) is 17.3 Å². The molecule has 4 aliphatic rings. The van der Waals surface area contributed by atoms with Gasteiger partial charge in [-0.2, -0.15) is 0 Å². The van der Waals surface area contributed by atoms with E-state index >= 15 is 0 Å². The average molecular weight is 343 g/mol. The summed E-state index contributed by atoms with van der Waals surface area (Å²) in [6.45, 7) is 6.13. The van der Waals surface area contributed by atoms with Crippen LogP contribution in [0.4, 0.5) is 0 Å². The lowest BCUT2D eigenvalue weighted by Crippen LogP contribution is -2.60. The van der Waals surface area contributed by atoms with Crippen molar-refractivity contribution in [2.45, 2.75) is 77.4 Å². The van der Waals surface area contributed by atoms with Gasteiger partial charge in [0.05, 0.1) is 0 Å². The van der Waals surface area contributed by atoms with E-state index in [1.54, 1.807) is 5.57 Å². The topological polar surface area (TPSA) is 55.4 Å². The van der Waals surface area contributed by atoms with Crippen molar-refractivity contribution < 1.29 is 14.3 Å². The van der Waals surface area contributed by atoms with E-state index < -0.39 is 0 Å². The van der Waals surface area contributed by atoms with Crippen molar-refractivity contribution in [2.75, 3.05) is 0 Å². The molecule has 4 heteroatoms. The molecule has 136 valence electrons. The lowest BCUT2D eigenvalue weighted by molar-refractivity contribution is -0.148. The van der Waals surface area contributed by atoms with Crippen LogP contribution in [0.3, 0.4) is 0 Å². The summed E-state index contributed by atoms with van der Waals surface area (Å²) in [4.78, 5) is 23.2. The highest BCUT2D eigenvalue weighted by atomic mass is 16.5. The Morgan fingerprint density at radius 1 is 1.16 bits per heavy atom. The number of ether oxygens (including phenoxy) is 1. The van der Waals surface area contributed by atoms with E-state index in [0.29, 0.717) is 18.3 Å². The first-order valence-electron chi connectivity index (χ1n) is 9.71. The Morgan fingerprint density at radius 2 is 1.96 bits per heavy atom. The first-order valence-corrected chi connectivity index (χ1v) is 9.71. The van der Waals surface area contributed by atoms with Gasteiger partial charge in [0.2, 0.25) is 5.91 Å². The Labute approximate surface area is 150 Å². The van der Waals surface area contributed by atoms with Crippen molar-refractivity contribution in [2.24, 2.45) is 17.3 Å². The molecular formula is C21H29NO3. The van der Waals surface area contributed by atoms with Crippen LogP contribution in [0.2, 0.25) is 0 Å². The first-order chi connectivity index (χ1) is 11.8. The van der Waals surface area contributed by atoms with E-state index in [0.717, 1.165) is 38.5 Å². The summed E-state index contributed by atoms with van der Waals surface area (Å²) in [5.74, 6) is 1.06. The summed E-state index contributed by atoms with van der Waals surface area (Å²) in [5, 5.41) is 3.28. The number of fused-ring (bicyclic) bond motifs is 5. The average Bonchev–Trinajstić information content (AvgIpc) is 2.53. The first kappa shape index (κ1) is 16.9. The molecule has 4 nitrogen and oxygen atoms in total. The Bertz CT molecular complexity index is 679. The highest BCUT2D eigenvalue weighted by molar-refractivity contribution is 5.78. The number of hydrogen-bond acceptors (Lipinski definition) is 3. The van der Waals surface area contributed by atoms with E-state index in [4.69, 9.17) is 4.74 Å². The zero-order valence-corrected chi connectivity index (χ0v) is 15.6. The largest absolute Gasteiger partial charge is 0.462 e. The predicted molar refractivity (Wildman–Crippen MR) is 95.7 cm³/mol. The number of carbonyl (C=O) groups excluding carboxylic acids is 2. The molecule has 5 atom stereocenters. The fraction of sp³-hybridized carbons (Fsp3) is 0.714. The van der Waals surface area contributed by atoms with Crippen molar-refractivity contribution in [3.8, 4) is 0 Å². The molecule has 1 aliphatic heterocycles. The van der Waals surface area contributed by atoms with Crippen molar-refractivity contribution in [1.29, 1.82) is 0 Å². The predicted octanol–water partition coefficient (Wildman–Crippen LogP) is 3.67. The maximum absolute atomic E-state index is 11.9. The molecule has 1 heterocycles. The fourth-order valence-electron chi connectivity index (χ4n) is 6.00. The molecular weight excluding hydrogens is 314 g/mol. The molecule has 4 rings (SSSR count). The summed E-state index contributed by atoms with van der Waals surface area (Å²) in [5.41, 5.74) is 3.10. The Morgan fingerprint density at radius 3 is 2.72 bits per heavy atom. The molecule has 0 spiro atoms. The number of rotatable bonds is 1. The number of nitrogens with one attached hydrogen (secondary N) is 1. The SMILES string of the molecule is CC(=O)O[C@H]1CC[C@@]2(C)C(=CC=C3[C@H]4CCC(=O)N[C@]4(C)CC[C@H]32)C1. The molecule has 0 aromatic carbocycles. The van der Waals surface area contributed by atoms with Gasteiger partial charge in [-0.15, -0.1) is 0 Å². The summed E-state index contributed by atoms with van der Waals surface area (Å²) >= 11 is 0. The second kappa shape index (κ2) is 5.72. The highest BCUT2D eigenvalue weighted by Gasteiger charge is 2.53. The number of hydrogen-bond donors (Lipinski definition) is 1. The minimum atomic E-state index is -0.173. The molecule has 0 bridgehead atoms. The molecule has 0 aromatic rings. The number of amides is 1. The summed E-state index contributed by atoms with van der Waals surface area (Å²) in [7, 11) is 0. The maximum atomic E-state index is 11.9. The lowest BCUT2D eigenvalue weighted by Gasteiger charge is -2.56. The van der Waals surface area contributed by atoms with E-state index in [-0.39, 0.29) is 28.9 Å². The standard InChI is InChI=1S/C21H29NO3/c1-13(23)25-15-8-10-20(2)14(12-15)4-5-16-17(20)9-11-21(3)18(16)6-7-19(24)22-21/h4-5,15,17-18H,6-12H2,1-3H3,(H,22,24)/t15-,17+,18+,20-,21+/m0/s1. The maximum Gasteiger partial charge on any atom is 0.302 e. The molecule has 0 radical (unpaired) electrons. The van der Waals surface area contributed by atoms with Gasteiger partial charge in [-0.3, -0.25) is 9.59 Å². The Kier molecular flexibility index (Phi) is 3.86. The van der Waals surface area contributed by atoms with Gasteiger partial charge >= 0.3 is 5.97 Å². The van der Waals surface area contributed by atoms with E-state index in [9.17, 15) is 9.59 Å². The van der Waals surface area contributed by atoms with Crippen molar-refractivity contribution in [3.63, 3.8) is 0 Å². The van der Waals surface area contributed by atoms with Gasteiger partial charge in [0.25, 0.3) is 0 Å². The lowest BCUT2D eigenvalue weighted by atomic mass is 9.51. The quantitative estimate of drug-likeness (QED) is 0.739. The summed E-state index contributed by atoms with van der Waals surface area (Å²) in [6.07, 6.45) is 11.4. The molecule has 0 unspecified atom stereocenters. The van der Waals surface area contributed by atoms with Crippen LogP contribution in [0.1, 0.15) is 65.7 Å². The van der Waals surface area contributed by atoms with Crippen molar-refractivity contribution in [1.82, 2.24) is 5.32 Å². The molecule has 1 N–H and O–H groups in total. The third-order valence-electron chi connectivity index (χ3n) is 7.36. The van der Waals surface area contributed by atoms with Crippen molar-refractivity contribution >= 4 is 11.9 Å². The van der Waals surface area contributed by atoms with Crippen LogP contribution < -0.4 is 5.32 Å². The van der Waals surface area contributed by atoms with Gasteiger partial charge < -0.3 is 10.1 Å². The van der Waals surface area contributed by atoms with Crippen LogP contribution in [-0.4, -0.2) is 23.5 Å². The van der Waals surface area contributed by atoms with Crippen LogP contribution in [0.5, 0.6) is 0 Å². The van der Waals surface area contributed by atoms with Gasteiger partial charge in [0, 0.05) is 31.2 Å². The van der Waals surface area contributed by atoms with Gasteiger partial charge in [0.15, 0.2) is 0 Å². The van der Waals surface area contributed by atoms with Crippen LogP contribution >= 0.6 is 0 Å². The van der Waals surface area contributed by atoms with Crippen LogP contribution in [0.25, 0.3) is 0 Å². The van der Waals surface area contributed by atoms with Crippen molar-refractivity contribution in [3.05, 3.63) is 23.3 Å². The Balaban J connectivity index is 1.63. The third kappa shape index (κ3) is 2.65. The number of carbonyl (C=O) groups is 2. The normalized spacial score (nSPS) is 42.8. The van der Waals surface area contributed by atoms with Gasteiger partial charge in [-0.05, 0) is 50.4 Å². The summed E-state index contributed by atoms with van der Waals surface area (Å²) < 4.78 is 5.49. The fourth-order valence-corrected chi connectivity index (χ4v) is 6.00.